The second-order valence-corrected chi connectivity index (χ2v) is 7.66. The van der Waals surface area contributed by atoms with Crippen molar-refractivity contribution in [3.63, 3.8) is 0 Å². The lowest BCUT2D eigenvalue weighted by atomic mass is 10.1. The van der Waals surface area contributed by atoms with Gasteiger partial charge < -0.3 is 11.2 Å². The Morgan fingerprint density at radius 1 is 0.935 bits per heavy atom. The van der Waals surface area contributed by atoms with Crippen LogP contribution >= 0.6 is 11.8 Å². The van der Waals surface area contributed by atoms with Crippen molar-refractivity contribution < 1.29 is 13.6 Å². The van der Waals surface area contributed by atoms with Crippen LogP contribution in [0.2, 0.25) is 0 Å². The first-order valence-corrected chi connectivity index (χ1v) is 10.1. The summed E-state index contributed by atoms with van der Waals surface area (Å²) in [6.07, 6.45) is 0. The van der Waals surface area contributed by atoms with Crippen LogP contribution in [0.4, 0.5) is 14.5 Å². The molecule has 0 saturated heterocycles. The number of halogens is 2. The number of rotatable bonds is 6. The number of nitrogens with zero attached hydrogens (tertiary/aromatic N) is 3. The van der Waals surface area contributed by atoms with Gasteiger partial charge in [-0.3, -0.25) is 4.79 Å². The molecule has 4 rings (SSSR count). The third-order valence-corrected chi connectivity index (χ3v) is 5.63. The van der Waals surface area contributed by atoms with Crippen molar-refractivity contribution in [1.82, 2.24) is 14.9 Å². The Morgan fingerprint density at radius 3 is 2.39 bits per heavy atom. The van der Waals surface area contributed by atoms with Gasteiger partial charge in [0.2, 0.25) is 11.1 Å². The zero-order valence-corrected chi connectivity index (χ0v) is 16.9. The molecule has 1 unspecified atom stereocenters. The third kappa shape index (κ3) is 4.72. The van der Waals surface area contributed by atoms with Gasteiger partial charge >= 0.3 is 0 Å². The van der Waals surface area contributed by atoms with Crippen molar-refractivity contribution in [2.45, 2.75) is 10.4 Å². The average Bonchev–Trinajstić information content (AvgIpc) is 3.14. The van der Waals surface area contributed by atoms with E-state index in [1.54, 1.807) is 12.1 Å². The van der Waals surface area contributed by atoms with Crippen LogP contribution in [-0.4, -0.2) is 20.8 Å². The standard InChI is InChI=1S/C22H17F2N5OS/c23-16-9-11-18(12-10-16)26-21(30)19(14-5-2-1-3-6-14)31-22-28-27-20(29(22)25)15-7-4-8-17(24)13-15/h1-13,19H,25H2,(H,26,30). The molecule has 0 spiro atoms. The summed E-state index contributed by atoms with van der Waals surface area (Å²) < 4.78 is 28.0. The van der Waals surface area contributed by atoms with E-state index >= 15 is 0 Å². The molecule has 1 amide bonds. The molecule has 0 aliphatic carbocycles. The number of carbonyl (C=O) groups is 1. The highest BCUT2D eigenvalue weighted by atomic mass is 32.2. The Kier molecular flexibility index (Phi) is 5.94. The predicted octanol–water partition coefficient (Wildman–Crippen LogP) is 4.41. The molecule has 0 bridgehead atoms. The van der Waals surface area contributed by atoms with Gasteiger partial charge in [0.05, 0.1) is 0 Å². The van der Waals surface area contributed by atoms with E-state index in [4.69, 9.17) is 5.84 Å². The molecule has 156 valence electrons. The summed E-state index contributed by atoms with van der Waals surface area (Å²) in [5.41, 5.74) is 1.65. The molecule has 1 heterocycles. The quantitative estimate of drug-likeness (QED) is 0.345. The lowest BCUT2D eigenvalue weighted by Gasteiger charge is -2.16. The Balaban J connectivity index is 1.63. The van der Waals surface area contributed by atoms with Crippen molar-refractivity contribution in [3.05, 3.63) is 96.1 Å². The van der Waals surface area contributed by atoms with E-state index in [1.165, 1.54) is 41.1 Å². The maximum absolute atomic E-state index is 13.6. The second-order valence-electron chi connectivity index (χ2n) is 6.59. The van der Waals surface area contributed by atoms with Crippen molar-refractivity contribution in [3.8, 4) is 11.4 Å². The number of hydrogen-bond donors (Lipinski definition) is 2. The lowest BCUT2D eigenvalue weighted by Crippen LogP contribution is -2.20. The minimum Gasteiger partial charge on any atom is -0.335 e. The van der Waals surface area contributed by atoms with Gasteiger partial charge in [-0.2, -0.15) is 0 Å². The summed E-state index contributed by atoms with van der Waals surface area (Å²) in [5, 5.41) is 10.5. The van der Waals surface area contributed by atoms with E-state index in [-0.39, 0.29) is 16.9 Å². The van der Waals surface area contributed by atoms with E-state index < -0.39 is 16.9 Å². The Hall–Kier alpha value is -3.72. The number of carbonyl (C=O) groups excluding carboxylic acids is 1. The van der Waals surface area contributed by atoms with Crippen molar-refractivity contribution in [2.24, 2.45) is 0 Å². The molecule has 31 heavy (non-hydrogen) atoms. The van der Waals surface area contributed by atoms with Crippen LogP contribution in [0, 0.1) is 11.6 Å². The molecule has 9 heteroatoms. The van der Waals surface area contributed by atoms with Gasteiger partial charge in [0, 0.05) is 11.3 Å². The first-order valence-electron chi connectivity index (χ1n) is 9.26. The number of nitrogens with one attached hydrogen (secondary N) is 1. The Labute approximate surface area is 181 Å². The smallest absolute Gasteiger partial charge is 0.242 e. The summed E-state index contributed by atoms with van der Waals surface area (Å²) in [6.45, 7) is 0. The van der Waals surface area contributed by atoms with E-state index in [1.807, 2.05) is 30.3 Å². The van der Waals surface area contributed by atoms with E-state index in [0.29, 0.717) is 11.3 Å². The summed E-state index contributed by atoms with van der Waals surface area (Å²) >= 11 is 1.10. The van der Waals surface area contributed by atoms with Crippen LogP contribution in [0.25, 0.3) is 11.4 Å². The first kappa shape index (κ1) is 20.5. The molecule has 1 aromatic heterocycles. The van der Waals surface area contributed by atoms with Crippen molar-refractivity contribution >= 4 is 23.4 Å². The molecule has 4 aromatic rings. The van der Waals surface area contributed by atoms with Gasteiger partial charge in [0.1, 0.15) is 16.9 Å². The summed E-state index contributed by atoms with van der Waals surface area (Å²) in [7, 11) is 0. The maximum Gasteiger partial charge on any atom is 0.242 e. The number of hydrogen-bond acceptors (Lipinski definition) is 5. The van der Waals surface area contributed by atoms with Gasteiger partial charge in [-0.25, -0.2) is 13.5 Å². The molecule has 1 atom stereocenters. The molecule has 6 nitrogen and oxygen atoms in total. The Bertz CT molecular complexity index is 1200. The summed E-state index contributed by atoms with van der Waals surface area (Å²) in [4.78, 5) is 13.1. The van der Waals surface area contributed by atoms with Gasteiger partial charge in [0.25, 0.3) is 0 Å². The number of nitrogen functional groups attached to an aromatic ring is 1. The number of anilines is 1. The largest absolute Gasteiger partial charge is 0.335 e. The molecular formula is C22H17F2N5OS. The SMILES string of the molecule is Nn1c(SC(C(=O)Nc2ccc(F)cc2)c2ccccc2)nnc1-c1cccc(F)c1. The monoisotopic (exact) mass is 437 g/mol. The summed E-state index contributed by atoms with van der Waals surface area (Å²) in [6, 6.07) is 20.4. The molecule has 0 aliphatic rings. The number of amides is 1. The number of nitrogens with two attached hydrogens (primary N) is 1. The summed E-state index contributed by atoms with van der Waals surface area (Å²) in [5.74, 6) is 5.28. The zero-order valence-electron chi connectivity index (χ0n) is 16.1. The van der Waals surface area contributed by atoms with Gasteiger partial charge in [-0.1, -0.05) is 54.2 Å². The zero-order chi connectivity index (χ0) is 21.8. The topological polar surface area (TPSA) is 85.8 Å². The Morgan fingerprint density at radius 2 is 1.68 bits per heavy atom. The fraction of sp³-hybridized carbons (Fsp3) is 0.0455. The fourth-order valence-corrected chi connectivity index (χ4v) is 3.89. The average molecular weight is 437 g/mol. The van der Waals surface area contributed by atoms with Gasteiger partial charge in [-0.15, -0.1) is 10.2 Å². The predicted molar refractivity (Wildman–Crippen MR) is 116 cm³/mol. The number of aromatic nitrogens is 3. The van der Waals surface area contributed by atoms with Crippen LogP contribution in [0.15, 0.2) is 84.0 Å². The lowest BCUT2D eigenvalue weighted by molar-refractivity contribution is -0.115. The minimum atomic E-state index is -0.710. The van der Waals surface area contributed by atoms with Crippen molar-refractivity contribution in [2.75, 3.05) is 11.2 Å². The third-order valence-electron chi connectivity index (χ3n) is 4.42. The van der Waals surface area contributed by atoms with Crippen LogP contribution < -0.4 is 11.2 Å². The molecule has 0 radical (unpaired) electrons. The van der Waals surface area contributed by atoms with Crippen LogP contribution in [0.1, 0.15) is 10.8 Å². The van der Waals surface area contributed by atoms with E-state index in [9.17, 15) is 13.6 Å². The second kappa shape index (κ2) is 8.97. The highest BCUT2D eigenvalue weighted by molar-refractivity contribution is 8.00. The van der Waals surface area contributed by atoms with Gasteiger partial charge in [0.15, 0.2) is 5.82 Å². The van der Waals surface area contributed by atoms with Crippen LogP contribution in [0.5, 0.6) is 0 Å². The first-order chi connectivity index (χ1) is 15.0. The molecule has 0 aliphatic heterocycles. The maximum atomic E-state index is 13.6. The molecule has 0 fully saturated rings. The highest BCUT2D eigenvalue weighted by Gasteiger charge is 2.26. The molecule has 3 N–H and O–H groups in total. The van der Waals surface area contributed by atoms with E-state index in [2.05, 4.69) is 15.5 Å². The molecule has 3 aromatic carbocycles. The minimum absolute atomic E-state index is 0.271. The van der Waals surface area contributed by atoms with Crippen LogP contribution in [0.3, 0.4) is 0 Å². The number of benzene rings is 3. The van der Waals surface area contributed by atoms with Crippen molar-refractivity contribution in [1.29, 1.82) is 0 Å². The fourth-order valence-electron chi connectivity index (χ4n) is 2.93. The van der Waals surface area contributed by atoms with E-state index in [0.717, 1.165) is 17.3 Å². The normalized spacial score (nSPS) is 11.8. The number of thioether (sulfide) groups is 1. The van der Waals surface area contributed by atoms with Crippen LogP contribution in [-0.2, 0) is 4.79 Å². The molecule has 0 saturated carbocycles. The molecular weight excluding hydrogens is 420 g/mol. The highest BCUT2D eigenvalue weighted by Crippen LogP contribution is 2.36. The van der Waals surface area contributed by atoms with Gasteiger partial charge in [-0.05, 0) is 42.0 Å².